The third-order valence-corrected chi connectivity index (χ3v) is 4.15. The van der Waals surface area contributed by atoms with Crippen LogP contribution in [0.15, 0.2) is 30.3 Å². The summed E-state index contributed by atoms with van der Waals surface area (Å²) in [6, 6.07) is 8.02. The smallest absolute Gasteiger partial charge is 0.412 e. The van der Waals surface area contributed by atoms with Crippen LogP contribution in [-0.2, 0) is 16.5 Å². The zero-order chi connectivity index (χ0) is 21.1. The van der Waals surface area contributed by atoms with Crippen LogP contribution >= 0.6 is 0 Å². The number of amides is 1. The topological polar surface area (TPSA) is 86.6 Å². The van der Waals surface area contributed by atoms with Crippen LogP contribution in [0.2, 0.25) is 0 Å². The van der Waals surface area contributed by atoms with Crippen LogP contribution in [0.4, 0.5) is 10.5 Å². The first-order valence-electron chi connectivity index (χ1n) is 8.91. The summed E-state index contributed by atoms with van der Waals surface area (Å²) in [7, 11) is 1.87. The Morgan fingerprint density at radius 2 is 1.79 bits per heavy atom. The molecule has 2 aromatic rings. The number of aromatic nitrogens is 1. The van der Waals surface area contributed by atoms with Crippen molar-refractivity contribution in [1.82, 2.24) is 4.57 Å². The number of hydrogen-bond acceptors (Lipinski definition) is 5. The van der Waals surface area contributed by atoms with Gasteiger partial charge >= 0.3 is 12.1 Å². The number of ketones is 1. The van der Waals surface area contributed by atoms with Crippen LogP contribution < -0.4 is 5.32 Å². The molecule has 28 heavy (non-hydrogen) atoms. The molecule has 0 saturated carbocycles. The van der Waals surface area contributed by atoms with Crippen molar-refractivity contribution in [2.45, 2.75) is 40.2 Å². The molecule has 1 aromatic heterocycles. The lowest BCUT2D eigenvalue weighted by Gasteiger charge is -2.19. The zero-order valence-electron chi connectivity index (χ0n) is 17.1. The second-order valence-electron chi connectivity index (χ2n) is 7.55. The number of anilines is 1. The third-order valence-electron chi connectivity index (χ3n) is 4.15. The van der Waals surface area contributed by atoms with Crippen LogP contribution in [0.25, 0.3) is 0 Å². The van der Waals surface area contributed by atoms with Gasteiger partial charge in [-0.05, 0) is 58.9 Å². The van der Waals surface area contributed by atoms with E-state index >= 15 is 0 Å². The molecule has 7 heteroatoms. The van der Waals surface area contributed by atoms with Crippen molar-refractivity contribution >= 4 is 23.5 Å². The lowest BCUT2D eigenvalue weighted by Crippen LogP contribution is -2.27. The first kappa shape index (κ1) is 21.2. The number of nitrogens with one attached hydrogen (secondary N) is 1. The summed E-state index contributed by atoms with van der Waals surface area (Å²) >= 11 is 0. The lowest BCUT2D eigenvalue weighted by molar-refractivity contribution is 0.0474. The van der Waals surface area contributed by atoms with E-state index in [1.807, 2.05) is 25.5 Å². The molecule has 0 aliphatic heterocycles. The number of ether oxygens (including phenoxy) is 2. The van der Waals surface area contributed by atoms with Crippen molar-refractivity contribution in [1.29, 1.82) is 0 Å². The summed E-state index contributed by atoms with van der Waals surface area (Å²) in [4.78, 5) is 36.5. The number of Topliss-reactive ketones (excluding diaryl/α,β-unsaturated/α-hetero) is 1. The Kier molecular flexibility index (Phi) is 6.28. The van der Waals surface area contributed by atoms with Gasteiger partial charge in [-0.25, -0.2) is 9.59 Å². The van der Waals surface area contributed by atoms with Gasteiger partial charge in [0.1, 0.15) is 5.60 Å². The molecule has 0 spiro atoms. The number of aryl methyl sites for hydroxylation is 1. The first-order chi connectivity index (χ1) is 13.0. The molecule has 1 amide bonds. The zero-order valence-corrected chi connectivity index (χ0v) is 17.1. The largest absolute Gasteiger partial charge is 0.454 e. The van der Waals surface area contributed by atoms with E-state index in [-0.39, 0.29) is 18.0 Å². The highest BCUT2D eigenvalue weighted by Crippen LogP contribution is 2.16. The van der Waals surface area contributed by atoms with Crippen molar-refractivity contribution < 1.29 is 23.9 Å². The molecular formula is C21H26N2O5. The summed E-state index contributed by atoms with van der Waals surface area (Å²) in [6.45, 7) is 8.66. The van der Waals surface area contributed by atoms with Crippen LogP contribution in [0.5, 0.6) is 0 Å². The fourth-order valence-corrected chi connectivity index (χ4v) is 2.58. The van der Waals surface area contributed by atoms with E-state index in [9.17, 15) is 14.4 Å². The van der Waals surface area contributed by atoms with Crippen molar-refractivity contribution in [3.63, 3.8) is 0 Å². The Morgan fingerprint density at radius 1 is 1.11 bits per heavy atom. The second-order valence-corrected chi connectivity index (χ2v) is 7.55. The predicted octanol–water partition coefficient (Wildman–Crippen LogP) is 4.03. The van der Waals surface area contributed by atoms with Gasteiger partial charge in [0.2, 0.25) is 5.78 Å². The molecule has 0 aliphatic rings. The van der Waals surface area contributed by atoms with Gasteiger partial charge in [-0.15, -0.1) is 0 Å². The van der Waals surface area contributed by atoms with Gasteiger partial charge in [-0.2, -0.15) is 0 Å². The molecule has 0 aliphatic carbocycles. The van der Waals surface area contributed by atoms with E-state index < -0.39 is 17.7 Å². The fraction of sp³-hybridized carbons (Fsp3) is 0.381. The van der Waals surface area contributed by atoms with Crippen LogP contribution in [0.1, 0.15) is 52.9 Å². The Bertz CT molecular complexity index is 906. The highest BCUT2D eigenvalue weighted by molar-refractivity contribution is 6.00. The average Bonchev–Trinajstić information content (AvgIpc) is 2.85. The monoisotopic (exact) mass is 386 g/mol. The molecule has 0 bridgehead atoms. The van der Waals surface area contributed by atoms with Gasteiger partial charge in [0.15, 0.2) is 6.61 Å². The van der Waals surface area contributed by atoms with E-state index in [0.29, 0.717) is 11.3 Å². The van der Waals surface area contributed by atoms with Gasteiger partial charge < -0.3 is 14.0 Å². The van der Waals surface area contributed by atoms with E-state index in [0.717, 1.165) is 11.4 Å². The summed E-state index contributed by atoms with van der Waals surface area (Å²) in [5, 5.41) is 2.56. The molecule has 7 nitrogen and oxygen atoms in total. The predicted molar refractivity (Wildman–Crippen MR) is 106 cm³/mol. The average molecular weight is 386 g/mol. The van der Waals surface area contributed by atoms with Crippen molar-refractivity contribution in [2.24, 2.45) is 7.05 Å². The number of nitrogens with zero attached hydrogens (tertiary/aromatic N) is 1. The van der Waals surface area contributed by atoms with Crippen molar-refractivity contribution in [3.05, 3.63) is 52.8 Å². The van der Waals surface area contributed by atoms with Crippen LogP contribution in [-0.4, -0.2) is 34.6 Å². The number of benzene rings is 1. The molecule has 0 radical (unpaired) electrons. The molecule has 0 unspecified atom stereocenters. The lowest BCUT2D eigenvalue weighted by atomic mass is 10.1. The van der Waals surface area contributed by atoms with Gasteiger partial charge in [0.25, 0.3) is 0 Å². The maximum atomic E-state index is 12.3. The summed E-state index contributed by atoms with van der Waals surface area (Å²) in [5.74, 6) is -0.913. The highest BCUT2D eigenvalue weighted by Gasteiger charge is 2.18. The number of hydrogen-bond donors (Lipinski definition) is 1. The first-order valence-corrected chi connectivity index (χ1v) is 8.91. The molecule has 0 saturated heterocycles. The normalized spacial score (nSPS) is 11.1. The quantitative estimate of drug-likeness (QED) is 0.619. The molecule has 2 rings (SSSR count). The summed E-state index contributed by atoms with van der Waals surface area (Å²) in [5.41, 5.74) is 2.30. The molecule has 1 N–H and O–H groups in total. The van der Waals surface area contributed by atoms with E-state index in [4.69, 9.17) is 9.47 Å². The van der Waals surface area contributed by atoms with Gasteiger partial charge in [0, 0.05) is 29.7 Å². The number of carbonyl (C=O) groups excluding carboxylic acids is 3. The van der Waals surface area contributed by atoms with Gasteiger partial charge in [-0.1, -0.05) is 6.07 Å². The second kappa shape index (κ2) is 8.29. The number of esters is 1. The minimum absolute atomic E-state index is 0.224. The molecule has 0 fully saturated rings. The van der Waals surface area contributed by atoms with Crippen LogP contribution in [0.3, 0.4) is 0 Å². The Balaban J connectivity index is 2.00. The van der Waals surface area contributed by atoms with Crippen molar-refractivity contribution in [3.8, 4) is 0 Å². The molecule has 1 heterocycles. The Labute approximate surface area is 164 Å². The highest BCUT2D eigenvalue weighted by atomic mass is 16.6. The number of rotatable bonds is 5. The SMILES string of the molecule is Cc1cc(C(=O)COC(=O)c2cccc(NC(=O)OC(C)(C)C)c2)c(C)n1C. The fourth-order valence-electron chi connectivity index (χ4n) is 2.58. The molecule has 1 aromatic carbocycles. The van der Waals surface area contributed by atoms with E-state index in [1.165, 1.54) is 6.07 Å². The van der Waals surface area contributed by atoms with Crippen molar-refractivity contribution in [2.75, 3.05) is 11.9 Å². The minimum Gasteiger partial charge on any atom is -0.454 e. The van der Waals surface area contributed by atoms with E-state index in [2.05, 4.69) is 5.32 Å². The molecule has 0 atom stereocenters. The molecular weight excluding hydrogens is 360 g/mol. The summed E-state index contributed by atoms with van der Waals surface area (Å²) in [6.07, 6.45) is -0.622. The van der Waals surface area contributed by atoms with E-state index in [1.54, 1.807) is 45.0 Å². The number of carbonyl (C=O) groups is 3. The van der Waals surface area contributed by atoms with Gasteiger partial charge in [-0.3, -0.25) is 10.1 Å². The summed E-state index contributed by atoms with van der Waals surface area (Å²) < 4.78 is 12.2. The minimum atomic E-state index is -0.647. The maximum absolute atomic E-state index is 12.3. The molecule has 150 valence electrons. The maximum Gasteiger partial charge on any atom is 0.412 e. The Morgan fingerprint density at radius 3 is 2.36 bits per heavy atom. The van der Waals surface area contributed by atoms with Gasteiger partial charge in [0.05, 0.1) is 5.56 Å². The standard InChI is InChI=1S/C21H26N2O5/c1-13-10-17(14(2)23(13)6)18(24)12-27-19(25)15-8-7-9-16(11-15)22-20(26)28-21(3,4)5/h7-11H,12H2,1-6H3,(H,22,26). The van der Waals surface area contributed by atoms with Crippen LogP contribution in [0, 0.1) is 13.8 Å². The third kappa shape index (κ3) is 5.45. The Hall–Kier alpha value is -3.09.